The van der Waals surface area contributed by atoms with Crippen molar-refractivity contribution in [3.05, 3.63) is 11.6 Å². The van der Waals surface area contributed by atoms with Crippen molar-refractivity contribution in [2.45, 2.75) is 25.9 Å². The lowest BCUT2D eigenvalue weighted by Gasteiger charge is -2.16. The maximum Gasteiger partial charge on any atom is 0.303 e. The van der Waals surface area contributed by atoms with E-state index in [-0.39, 0.29) is 6.10 Å². The molecule has 0 bridgehead atoms. The second-order valence-corrected chi connectivity index (χ2v) is 2.28. The Morgan fingerprint density at radius 3 is 2.33 bits per heavy atom. The molecule has 0 aromatic rings. The molecule has 3 heteroatoms. The van der Waals surface area contributed by atoms with Gasteiger partial charge in [0.2, 0.25) is 0 Å². The molecule has 1 heterocycles. The molecule has 1 rings (SSSR count). The van der Waals surface area contributed by atoms with Gasteiger partial charge in [-0.05, 0) is 19.9 Å². The molecule has 0 aromatic heterocycles. The van der Waals surface area contributed by atoms with Crippen molar-refractivity contribution in [2.75, 3.05) is 0 Å². The van der Waals surface area contributed by atoms with Crippen LogP contribution in [0.5, 0.6) is 0 Å². The summed E-state index contributed by atoms with van der Waals surface area (Å²) < 4.78 is 4.68. The van der Waals surface area contributed by atoms with Crippen molar-refractivity contribution >= 4 is 0 Å². The average molecular weight is 130 g/mol. The summed E-state index contributed by atoms with van der Waals surface area (Å²) in [4.78, 5) is 0. The Morgan fingerprint density at radius 1 is 1.67 bits per heavy atom. The summed E-state index contributed by atoms with van der Waals surface area (Å²) in [6.07, 6.45) is 1.47. The molecular weight excluding hydrogens is 120 g/mol. The summed E-state index contributed by atoms with van der Waals surface area (Å²) in [5.41, 5.74) is 0.454. The highest BCUT2D eigenvalue weighted by Crippen LogP contribution is 2.24. The lowest BCUT2D eigenvalue weighted by atomic mass is 10.2. The van der Waals surface area contributed by atoms with E-state index >= 15 is 0 Å². The molecule has 2 N–H and O–H groups in total. The number of aliphatic hydroxyl groups is 2. The van der Waals surface area contributed by atoms with E-state index in [0.29, 0.717) is 5.57 Å². The standard InChI is InChI=1S/C6H10O3/c1-4-3-5(2)9-6(4,7)8/h3,5,7-8H,1-2H3. The zero-order chi connectivity index (χ0) is 7.07. The predicted octanol–water partition coefficient (Wildman–Crippen LogP) is -0.0102. The summed E-state index contributed by atoms with van der Waals surface area (Å²) in [7, 11) is 0. The summed E-state index contributed by atoms with van der Waals surface area (Å²) >= 11 is 0. The Labute approximate surface area is 53.6 Å². The van der Waals surface area contributed by atoms with E-state index in [2.05, 4.69) is 4.74 Å². The Balaban J connectivity index is 2.76. The minimum absolute atomic E-state index is 0.194. The Hall–Kier alpha value is -0.380. The van der Waals surface area contributed by atoms with Crippen LogP contribution in [0.4, 0.5) is 0 Å². The van der Waals surface area contributed by atoms with Crippen molar-refractivity contribution in [2.24, 2.45) is 0 Å². The molecule has 1 atom stereocenters. The normalized spacial score (nSPS) is 32.4. The first kappa shape index (κ1) is 6.74. The first-order chi connectivity index (χ1) is 4.02. The molecule has 3 nitrogen and oxygen atoms in total. The lowest BCUT2D eigenvalue weighted by Crippen LogP contribution is -2.30. The van der Waals surface area contributed by atoms with Crippen molar-refractivity contribution in [3.8, 4) is 0 Å². The molecule has 0 fully saturated rings. The smallest absolute Gasteiger partial charge is 0.303 e. The van der Waals surface area contributed by atoms with Crippen molar-refractivity contribution in [1.29, 1.82) is 0 Å². The van der Waals surface area contributed by atoms with Gasteiger partial charge >= 0.3 is 5.97 Å². The molecule has 1 unspecified atom stereocenters. The summed E-state index contributed by atoms with van der Waals surface area (Å²) in [5, 5.41) is 17.8. The van der Waals surface area contributed by atoms with Gasteiger partial charge < -0.3 is 14.9 Å². The molecule has 1 aliphatic heterocycles. The van der Waals surface area contributed by atoms with Crippen LogP contribution in [0.25, 0.3) is 0 Å². The van der Waals surface area contributed by atoms with Gasteiger partial charge in [-0.2, -0.15) is 0 Å². The topological polar surface area (TPSA) is 49.7 Å². The van der Waals surface area contributed by atoms with Crippen LogP contribution in [-0.4, -0.2) is 22.3 Å². The van der Waals surface area contributed by atoms with E-state index in [1.54, 1.807) is 19.9 Å². The van der Waals surface area contributed by atoms with Crippen LogP contribution < -0.4 is 0 Å². The maximum absolute atomic E-state index is 8.90. The van der Waals surface area contributed by atoms with Gasteiger partial charge in [0.1, 0.15) is 0 Å². The average Bonchev–Trinajstić information content (AvgIpc) is 1.79. The minimum atomic E-state index is -2.01. The third-order valence-electron chi connectivity index (χ3n) is 1.35. The lowest BCUT2D eigenvalue weighted by molar-refractivity contribution is -0.308. The van der Waals surface area contributed by atoms with Gasteiger partial charge in [0.15, 0.2) is 0 Å². The number of hydrogen-bond acceptors (Lipinski definition) is 3. The second-order valence-electron chi connectivity index (χ2n) is 2.28. The number of ether oxygens (including phenoxy) is 1. The van der Waals surface area contributed by atoms with Gasteiger partial charge in [-0.3, -0.25) is 0 Å². The van der Waals surface area contributed by atoms with E-state index in [4.69, 9.17) is 10.2 Å². The Morgan fingerprint density at radius 2 is 2.22 bits per heavy atom. The Kier molecular flexibility index (Phi) is 1.35. The van der Waals surface area contributed by atoms with E-state index in [9.17, 15) is 0 Å². The monoisotopic (exact) mass is 130 g/mol. The molecule has 9 heavy (non-hydrogen) atoms. The van der Waals surface area contributed by atoms with E-state index in [1.807, 2.05) is 0 Å². The first-order valence-electron chi connectivity index (χ1n) is 2.84. The molecule has 52 valence electrons. The van der Waals surface area contributed by atoms with Crippen LogP contribution >= 0.6 is 0 Å². The highest BCUT2D eigenvalue weighted by molar-refractivity contribution is 5.12. The molecule has 0 saturated carbocycles. The summed E-state index contributed by atoms with van der Waals surface area (Å²) in [6, 6.07) is 0. The highest BCUT2D eigenvalue weighted by atomic mass is 16.8. The van der Waals surface area contributed by atoms with Crippen molar-refractivity contribution in [3.63, 3.8) is 0 Å². The molecule has 0 radical (unpaired) electrons. The van der Waals surface area contributed by atoms with Crippen LogP contribution in [0.2, 0.25) is 0 Å². The SMILES string of the molecule is CC1=CC(C)OC1(O)O. The summed E-state index contributed by atoms with van der Waals surface area (Å²) in [5.74, 6) is -2.01. The quantitative estimate of drug-likeness (QED) is 0.358. The maximum atomic E-state index is 8.90. The largest absolute Gasteiger partial charge is 0.340 e. The first-order valence-corrected chi connectivity index (χ1v) is 2.84. The van der Waals surface area contributed by atoms with Gasteiger partial charge in [0.05, 0.1) is 6.10 Å². The summed E-state index contributed by atoms with van der Waals surface area (Å²) in [6.45, 7) is 3.36. The van der Waals surface area contributed by atoms with Gasteiger partial charge in [0.25, 0.3) is 0 Å². The molecule has 0 aliphatic carbocycles. The molecule has 0 saturated heterocycles. The predicted molar refractivity (Wildman–Crippen MR) is 31.5 cm³/mol. The molecule has 0 spiro atoms. The zero-order valence-electron chi connectivity index (χ0n) is 5.46. The van der Waals surface area contributed by atoms with Crippen LogP contribution in [0, 0.1) is 0 Å². The zero-order valence-corrected chi connectivity index (χ0v) is 5.46. The number of rotatable bonds is 0. The van der Waals surface area contributed by atoms with Gasteiger partial charge in [-0.25, -0.2) is 0 Å². The highest BCUT2D eigenvalue weighted by Gasteiger charge is 2.34. The fraction of sp³-hybridized carbons (Fsp3) is 0.667. The molecule has 1 aliphatic rings. The van der Waals surface area contributed by atoms with Crippen LogP contribution in [0.15, 0.2) is 11.6 Å². The van der Waals surface area contributed by atoms with Crippen LogP contribution in [-0.2, 0) is 4.74 Å². The molecule has 0 aromatic carbocycles. The van der Waals surface area contributed by atoms with Crippen LogP contribution in [0.1, 0.15) is 13.8 Å². The third-order valence-corrected chi connectivity index (χ3v) is 1.35. The number of hydrogen-bond donors (Lipinski definition) is 2. The fourth-order valence-electron chi connectivity index (χ4n) is 0.847. The van der Waals surface area contributed by atoms with Crippen molar-refractivity contribution < 1.29 is 14.9 Å². The van der Waals surface area contributed by atoms with Crippen LogP contribution in [0.3, 0.4) is 0 Å². The minimum Gasteiger partial charge on any atom is -0.340 e. The third kappa shape index (κ3) is 1.13. The van der Waals surface area contributed by atoms with Gasteiger partial charge in [-0.15, -0.1) is 0 Å². The molecular formula is C6H10O3. The Bertz CT molecular complexity index is 148. The van der Waals surface area contributed by atoms with Crippen molar-refractivity contribution in [1.82, 2.24) is 0 Å². The van der Waals surface area contributed by atoms with Gasteiger partial charge in [0, 0.05) is 5.57 Å². The van der Waals surface area contributed by atoms with Gasteiger partial charge in [-0.1, -0.05) is 0 Å². The second kappa shape index (κ2) is 1.80. The van der Waals surface area contributed by atoms with E-state index in [0.717, 1.165) is 0 Å². The van der Waals surface area contributed by atoms with E-state index in [1.165, 1.54) is 0 Å². The van der Waals surface area contributed by atoms with E-state index < -0.39 is 5.97 Å². The fourth-order valence-corrected chi connectivity index (χ4v) is 0.847. The molecule has 0 amide bonds.